The molecule has 1 amide bonds. The normalized spacial score (nSPS) is 10.4. The standard InChI is InChI=1S/C17H16N4O2S/c1-23-16-8-6-12(10-19-16)20-15(22)7-5-13-11-24-17(21-13)14-4-2-3-9-18-14/h2-4,6,8-11H,5,7H2,1H3,(H,20,22). The van der Waals surface area contributed by atoms with Crippen molar-refractivity contribution in [2.24, 2.45) is 0 Å². The van der Waals surface area contributed by atoms with Crippen LogP contribution in [-0.4, -0.2) is 28.0 Å². The lowest BCUT2D eigenvalue weighted by Gasteiger charge is -2.05. The van der Waals surface area contributed by atoms with Gasteiger partial charge in [-0.1, -0.05) is 6.07 Å². The van der Waals surface area contributed by atoms with Gasteiger partial charge in [-0.25, -0.2) is 9.97 Å². The third-order valence-electron chi connectivity index (χ3n) is 3.27. The van der Waals surface area contributed by atoms with E-state index in [-0.39, 0.29) is 5.91 Å². The number of carbonyl (C=O) groups is 1. The van der Waals surface area contributed by atoms with E-state index in [4.69, 9.17) is 4.74 Å². The van der Waals surface area contributed by atoms with Crippen molar-refractivity contribution in [2.75, 3.05) is 12.4 Å². The Hall–Kier alpha value is -2.80. The molecule has 0 aromatic carbocycles. The van der Waals surface area contributed by atoms with E-state index in [0.717, 1.165) is 16.4 Å². The van der Waals surface area contributed by atoms with E-state index >= 15 is 0 Å². The summed E-state index contributed by atoms with van der Waals surface area (Å²) in [5, 5.41) is 5.64. The van der Waals surface area contributed by atoms with E-state index in [9.17, 15) is 4.79 Å². The molecule has 0 fully saturated rings. The van der Waals surface area contributed by atoms with Gasteiger partial charge in [0.1, 0.15) is 5.01 Å². The van der Waals surface area contributed by atoms with Gasteiger partial charge in [-0.2, -0.15) is 0 Å². The second-order valence-electron chi connectivity index (χ2n) is 5.00. The van der Waals surface area contributed by atoms with Gasteiger partial charge in [-0.3, -0.25) is 9.78 Å². The summed E-state index contributed by atoms with van der Waals surface area (Å²) in [4.78, 5) is 24.9. The molecule has 7 heteroatoms. The molecule has 0 saturated heterocycles. The first-order valence-electron chi connectivity index (χ1n) is 7.40. The summed E-state index contributed by atoms with van der Waals surface area (Å²) in [5.41, 5.74) is 2.39. The number of aryl methyl sites for hydroxylation is 1. The molecule has 122 valence electrons. The second kappa shape index (κ2) is 7.65. The zero-order chi connectivity index (χ0) is 16.8. The van der Waals surface area contributed by atoms with Crippen LogP contribution in [0.2, 0.25) is 0 Å². The number of hydrogen-bond acceptors (Lipinski definition) is 6. The second-order valence-corrected chi connectivity index (χ2v) is 5.85. The van der Waals surface area contributed by atoms with Crippen LogP contribution in [-0.2, 0) is 11.2 Å². The topological polar surface area (TPSA) is 77.0 Å². The van der Waals surface area contributed by atoms with E-state index in [1.807, 2.05) is 23.6 Å². The van der Waals surface area contributed by atoms with Crippen LogP contribution in [0.15, 0.2) is 48.1 Å². The van der Waals surface area contributed by atoms with Gasteiger partial charge in [0.25, 0.3) is 0 Å². The van der Waals surface area contributed by atoms with Crippen molar-refractivity contribution >= 4 is 22.9 Å². The van der Waals surface area contributed by atoms with Gasteiger partial charge >= 0.3 is 0 Å². The van der Waals surface area contributed by atoms with Crippen LogP contribution in [0.1, 0.15) is 12.1 Å². The molecule has 0 bridgehead atoms. The molecule has 0 unspecified atom stereocenters. The van der Waals surface area contributed by atoms with Crippen LogP contribution in [0.25, 0.3) is 10.7 Å². The summed E-state index contributed by atoms with van der Waals surface area (Å²) in [6.07, 6.45) is 4.25. The van der Waals surface area contributed by atoms with Gasteiger partial charge in [-0.15, -0.1) is 11.3 Å². The van der Waals surface area contributed by atoms with Crippen molar-refractivity contribution in [3.05, 3.63) is 53.8 Å². The number of nitrogens with zero attached hydrogens (tertiary/aromatic N) is 3. The Morgan fingerprint density at radius 3 is 2.88 bits per heavy atom. The quantitative estimate of drug-likeness (QED) is 0.746. The van der Waals surface area contributed by atoms with Crippen LogP contribution in [0.3, 0.4) is 0 Å². The molecule has 3 aromatic rings. The highest BCUT2D eigenvalue weighted by Crippen LogP contribution is 2.22. The minimum Gasteiger partial charge on any atom is -0.481 e. The monoisotopic (exact) mass is 340 g/mol. The number of pyridine rings is 2. The number of carbonyl (C=O) groups excluding carboxylic acids is 1. The Morgan fingerprint density at radius 1 is 1.25 bits per heavy atom. The van der Waals surface area contributed by atoms with E-state index in [0.29, 0.717) is 24.4 Å². The minimum absolute atomic E-state index is 0.0747. The fourth-order valence-electron chi connectivity index (χ4n) is 2.07. The highest BCUT2D eigenvalue weighted by Gasteiger charge is 2.08. The molecule has 24 heavy (non-hydrogen) atoms. The summed E-state index contributed by atoms with van der Waals surface area (Å²) < 4.78 is 4.98. The molecule has 0 aliphatic carbocycles. The summed E-state index contributed by atoms with van der Waals surface area (Å²) in [6.45, 7) is 0. The van der Waals surface area contributed by atoms with Gasteiger partial charge in [-0.05, 0) is 24.6 Å². The number of methoxy groups -OCH3 is 1. The molecule has 0 atom stereocenters. The molecule has 1 N–H and O–H groups in total. The SMILES string of the molecule is COc1ccc(NC(=O)CCc2csc(-c3ccccn3)n2)cn1. The highest BCUT2D eigenvalue weighted by atomic mass is 32.1. The first-order chi connectivity index (χ1) is 11.7. The average molecular weight is 340 g/mol. The van der Waals surface area contributed by atoms with Crippen LogP contribution in [0.4, 0.5) is 5.69 Å². The number of hydrogen-bond donors (Lipinski definition) is 1. The summed E-state index contributed by atoms with van der Waals surface area (Å²) in [7, 11) is 1.55. The lowest BCUT2D eigenvalue weighted by molar-refractivity contribution is -0.116. The van der Waals surface area contributed by atoms with Crippen molar-refractivity contribution in [3.63, 3.8) is 0 Å². The Labute approximate surface area is 143 Å². The van der Waals surface area contributed by atoms with Crippen LogP contribution in [0.5, 0.6) is 5.88 Å². The average Bonchev–Trinajstić information content (AvgIpc) is 3.10. The summed E-state index contributed by atoms with van der Waals surface area (Å²) in [6, 6.07) is 9.18. The third kappa shape index (κ3) is 4.14. The van der Waals surface area contributed by atoms with Gasteiger partial charge < -0.3 is 10.1 Å². The zero-order valence-electron chi connectivity index (χ0n) is 13.1. The van der Waals surface area contributed by atoms with E-state index in [2.05, 4.69) is 20.3 Å². The Morgan fingerprint density at radius 2 is 2.17 bits per heavy atom. The van der Waals surface area contributed by atoms with Crippen LogP contribution < -0.4 is 10.1 Å². The Balaban J connectivity index is 1.53. The summed E-state index contributed by atoms with van der Waals surface area (Å²) >= 11 is 1.53. The van der Waals surface area contributed by atoms with Crippen molar-refractivity contribution in [1.29, 1.82) is 0 Å². The summed E-state index contributed by atoms with van der Waals surface area (Å²) in [5.74, 6) is 0.437. The number of amides is 1. The van der Waals surface area contributed by atoms with Gasteiger partial charge in [0.05, 0.1) is 30.4 Å². The minimum atomic E-state index is -0.0747. The number of rotatable bonds is 6. The van der Waals surface area contributed by atoms with Gasteiger partial charge in [0, 0.05) is 24.1 Å². The lowest BCUT2D eigenvalue weighted by atomic mass is 10.2. The molecule has 3 heterocycles. The van der Waals surface area contributed by atoms with Crippen molar-refractivity contribution < 1.29 is 9.53 Å². The predicted octanol–water partition coefficient (Wildman–Crippen LogP) is 3.18. The molecule has 0 aliphatic rings. The maximum absolute atomic E-state index is 12.0. The molecule has 0 radical (unpaired) electrons. The van der Waals surface area contributed by atoms with Crippen molar-refractivity contribution in [3.8, 4) is 16.6 Å². The lowest BCUT2D eigenvalue weighted by Crippen LogP contribution is -2.12. The van der Waals surface area contributed by atoms with E-state index in [1.54, 1.807) is 31.6 Å². The number of nitrogens with one attached hydrogen (secondary N) is 1. The largest absolute Gasteiger partial charge is 0.481 e. The maximum Gasteiger partial charge on any atom is 0.224 e. The van der Waals surface area contributed by atoms with Crippen molar-refractivity contribution in [2.45, 2.75) is 12.8 Å². The first-order valence-corrected chi connectivity index (χ1v) is 8.28. The molecule has 0 spiro atoms. The zero-order valence-corrected chi connectivity index (χ0v) is 13.9. The first kappa shape index (κ1) is 16.1. The molecular weight excluding hydrogens is 324 g/mol. The van der Waals surface area contributed by atoms with Crippen LogP contribution >= 0.6 is 11.3 Å². The molecule has 3 rings (SSSR count). The number of thiazole rings is 1. The van der Waals surface area contributed by atoms with E-state index < -0.39 is 0 Å². The van der Waals surface area contributed by atoms with Crippen LogP contribution in [0, 0.1) is 0 Å². The highest BCUT2D eigenvalue weighted by molar-refractivity contribution is 7.13. The van der Waals surface area contributed by atoms with E-state index in [1.165, 1.54) is 11.3 Å². The van der Waals surface area contributed by atoms with Gasteiger partial charge in [0.2, 0.25) is 11.8 Å². The predicted molar refractivity (Wildman–Crippen MR) is 93.1 cm³/mol. The number of aromatic nitrogens is 3. The fraction of sp³-hybridized carbons (Fsp3) is 0.176. The maximum atomic E-state index is 12.0. The molecule has 0 saturated carbocycles. The number of ether oxygens (including phenoxy) is 1. The Bertz CT molecular complexity index is 803. The molecule has 3 aromatic heterocycles. The van der Waals surface area contributed by atoms with Crippen molar-refractivity contribution in [1.82, 2.24) is 15.0 Å². The molecule has 6 nitrogen and oxygen atoms in total. The Kier molecular flexibility index (Phi) is 5.12. The molecule has 0 aliphatic heterocycles. The third-order valence-corrected chi connectivity index (χ3v) is 4.19. The number of anilines is 1. The molecular formula is C17H16N4O2S. The fourth-order valence-corrected chi connectivity index (χ4v) is 2.90. The van der Waals surface area contributed by atoms with Gasteiger partial charge in [0.15, 0.2) is 0 Å². The smallest absolute Gasteiger partial charge is 0.224 e.